The molecule has 1 aliphatic heterocycles. The molecule has 0 aromatic heterocycles. The van der Waals surface area contributed by atoms with Gasteiger partial charge in [-0.25, -0.2) is 10.2 Å². The van der Waals surface area contributed by atoms with Crippen molar-refractivity contribution in [1.29, 1.82) is 0 Å². The highest BCUT2D eigenvalue weighted by atomic mass is 79.9. The molecule has 1 heterocycles. The Morgan fingerprint density at radius 2 is 1.97 bits per heavy atom. The van der Waals surface area contributed by atoms with Gasteiger partial charge in [-0.1, -0.05) is 12.1 Å². The molecule has 2 aliphatic carbocycles. The minimum absolute atomic E-state index is 0.0452. The van der Waals surface area contributed by atoms with Crippen LogP contribution in [0.15, 0.2) is 27.8 Å². The number of halogens is 3. The maximum Gasteiger partial charge on any atom is 0.428 e. The zero-order valence-corrected chi connectivity index (χ0v) is 20.7. The predicted molar refractivity (Wildman–Crippen MR) is 125 cm³/mol. The Balaban J connectivity index is 1.41. The number of hydrazone groups is 1. The highest BCUT2D eigenvalue weighted by Gasteiger charge is 2.47. The summed E-state index contributed by atoms with van der Waals surface area (Å²) in [6, 6.07) is 4.59. The Labute approximate surface area is 209 Å². The molecule has 3 N–H and O–H groups in total. The van der Waals surface area contributed by atoms with E-state index in [0.29, 0.717) is 47.9 Å². The standard InChI is InChI=1S/C23H27BrF2N4O5/c1-12(27-19(31)20(32)28-14-5-6-14)11-13-7-9-23(10-8-13)18(29-30-22(33)35-23)15-3-2-4-16(17(15)24)34-21(25)26/h2-4,12-14,21H,5-11H2,1H3,(H,27,31)(H,28,32)(H,30,33)/t12-,13?,23?/m0/s1. The van der Waals surface area contributed by atoms with E-state index >= 15 is 0 Å². The fourth-order valence-corrected chi connectivity index (χ4v) is 5.23. The lowest BCUT2D eigenvalue weighted by Gasteiger charge is -2.42. The number of benzene rings is 1. The molecular formula is C23H27BrF2N4O5. The molecule has 9 nitrogen and oxygen atoms in total. The summed E-state index contributed by atoms with van der Waals surface area (Å²) in [5, 5.41) is 9.65. The number of nitrogens with zero attached hydrogens (tertiary/aromatic N) is 1. The number of amides is 3. The molecule has 1 aromatic carbocycles. The Morgan fingerprint density at radius 1 is 1.26 bits per heavy atom. The number of carbonyl (C=O) groups excluding carboxylic acids is 3. The Hall–Kier alpha value is -2.76. The quantitative estimate of drug-likeness (QED) is 0.443. The summed E-state index contributed by atoms with van der Waals surface area (Å²) in [7, 11) is 0. The molecule has 35 heavy (non-hydrogen) atoms. The summed E-state index contributed by atoms with van der Waals surface area (Å²) in [6.07, 6.45) is 4.12. The van der Waals surface area contributed by atoms with Crippen LogP contribution in [-0.2, 0) is 14.3 Å². The van der Waals surface area contributed by atoms with Gasteiger partial charge in [0.1, 0.15) is 11.5 Å². The van der Waals surface area contributed by atoms with Gasteiger partial charge in [0.05, 0.1) is 4.47 Å². The van der Waals surface area contributed by atoms with Gasteiger partial charge in [-0.05, 0) is 79.8 Å². The van der Waals surface area contributed by atoms with Gasteiger partial charge in [0.2, 0.25) is 0 Å². The number of hydrogen-bond donors (Lipinski definition) is 3. The highest BCUT2D eigenvalue weighted by Crippen LogP contribution is 2.42. The third-order valence-electron chi connectivity index (χ3n) is 6.51. The molecule has 0 saturated heterocycles. The fraction of sp³-hybridized carbons (Fsp3) is 0.565. The fourth-order valence-electron chi connectivity index (χ4n) is 4.68. The van der Waals surface area contributed by atoms with Gasteiger partial charge in [0.15, 0.2) is 5.60 Å². The first kappa shape index (κ1) is 25.3. The zero-order chi connectivity index (χ0) is 25.2. The van der Waals surface area contributed by atoms with E-state index in [4.69, 9.17) is 4.74 Å². The number of nitrogens with one attached hydrogen (secondary N) is 3. The normalized spacial score (nSPS) is 24.8. The Bertz CT molecular complexity index is 1030. The van der Waals surface area contributed by atoms with Crippen LogP contribution < -0.4 is 20.8 Å². The summed E-state index contributed by atoms with van der Waals surface area (Å²) >= 11 is 3.33. The van der Waals surface area contributed by atoms with Crippen molar-refractivity contribution in [1.82, 2.24) is 16.1 Å². The molecule has 2 fully saturated rings. The third-order valence-corrected chi connectivity index (χ3v) is 7.33. The Morgan fingerprint density at radius 3 is 2.63 bits per heavy atom. The number of alkyl halides is 2. The number of hydrogen-bond acceptors (Lipinski definition) is 6. The molecule has 4 rings (SSSR count). The van der Waals surface area contributed by atoms with Gasteiger partial charge >= 0.3 is 24.5 Å². The summed E-state index contributed by atoms with van der Waals surface area (Å²) in [5.74, 6) is -1.05. The number of rotatable bonds is 7. The monoisotopic (exact) mass is 556 g/mol. The molecule has 0 unspecified atom stereocenters. The van der Waals surface area contributed by atoms with Crippen molar-refractivity contribution in [3.63, 3.8) is 0 Å². The second-order valence-electron chi connectivity index (χ2n) is 9.25. The van der Waals surface area contributed by atoms with Crippen molar-refractivity contribution in [2.45, 2.75) is 76.2 Å². The lowest BCUT2D eigenvalue weighted by atomic mass is 9.73. The van der Waals surface area contributed by atoms with Crippen molar-refractivity contribution in [3.05, 3.63) is 28.2 Å². The molecule has 2 saturated carbocycles. The molecular weight excluding hydrogens is 530 g/mol. The highest BCUT2D eigenvalue weighted by molar-refractivity contribution is 9.10. The van der Waals surface area contributed by atoms with Crippen LogP contribution in [0, 0.1) is 5.92 Å². The van der Waals surface area contributed by atoms with E-state index in [1.807, 2.05) is 6.92 Å². The largest absolute Gasteiger partial charge is 0.435 e. The average molecular weight is 557 g/mol. The second-order valence-corrected chi connectivity index (χ2v) is 10.0. The van der Waals surface area contributed by atoms with Crippen LogP contribution in [-0.4, -0.2) is 47.9 Å². The maximum atomic E-state index is 12.8. The van der Waals surface area contributed by atoms with Gasteiger partial charge in [-0.3, -0.25) is 9.59 Å². The molecule has 3 aliphatic rings. The maximum absolute atomic E-state index is 12.8. The summed E-state index contributed by atoms with van der Waals surface area (Å²) < 4.78 is 36.2. The minimum Gasteiger partial charge on any atom is -0.435 e. The van der Waals surface area contributed by atoms with Crippen molar-refractivity contribution in [2.24, 2.45) is 11.0 Å². The molecule has 1 spiro atoms. The van der Waals surface area contributed by atoms with Crippen LogP contribution in [0.4, 0.5) is 13.6 Å². The van der Waals surface area contributed by atoms with Crippen LogP contribution in [0.1, 0.15) is 57.4 Å². The number of ether oxygens (including phenoxy) is 2. The van der Waals surface area contributed by atoms with Crippen LogP contribution >= 0.6 is 15.9 Å². The van der Waals surface area contributed by atoms with E-state index in [1.165, 1.54) is 6.07 Å². The lowest BCUT2D eigenvalue weighted by molar-refractivity contribution is -0.139. The van der Waals surface area contributed by atoms with Crippen LogP contribution in [0.25, 0.3) is 0 Å². The molecule has 190 valence electrons. The first-order valence-electron chi connectivity index (χ1n) is 11.6. The van der Waals surface area contributed by atoms with Crippen molar-refractivity contribution in [3.8, 4) is 5.75 Å². The van der Waals surface area contributed by atoms with Crippen LogP contribution in [0.2, 0.25) is 0 Å². The van der Waals surface area contributed by atoms with Gasteiger partial charge in [0, 0.05) is 17.6 Å². The first-order chi connectivity index (χ1) is 16.7. The van der Waals surface area contributed by atoms with E-state index in [-0.39, 0.29) is 23.8 Å². The van der Waals surface area contributed by atoms with Gasteiger partial charge in [0.25, 0.3) is 0 Å². The van der Waals surface area contributed by atoms with Gasteiger partial charge < -0.3 is 20.1 Å². The topological polar surface area (TPSA) is 118 Å². The smallest absolute Gasteiger partial charge is 0.428 e. The van der Waals surface area contributed by atoms with Crippen LogP contribution in [0.3, 0.4) is 0 Å². The van der Waals surface area contributed by atoms with E-state index < -0.39 is 30.1 Å². The first-order valence-corrected chi connectivity index (χ1v) is 12.4. The van der Waals surface area contributed by atoms with E-state index in [0.717, 1.165) is 12.8 Å². The molecule has 1 aromatic rings. The predicted octanol–water partition coefficient (Wildman–Crippen LogP) is 3.60. The van der Waals surface area contributed by atoms with Gasteiger partial charge in [-0.15, -0.1) is 0 Å². The summed E-state index contributed by atoms with van der Waals surface area (Å²) in [6.45, 7) is -1.13. The minimum atomic E-state index is -2.99. The van der Waals surface area contributed by atoms with Crippen molar-refractivity contribution >= 4 is 39.5 Å². The molecule has 12 heteroatoms. The van der Waals surface area contributed by atoms with E-state index in [9.17, 15) is 23.2 Å². The molecule has 0 radical (unpaired) electrons. The Kier molecular flexibility index (Phi) is 7.58. The summed E-state index contributed by atoms with van der Waals surface area (Å²) in [4.78, 5) is 36.1. The van der Waals surface area contributed by atoms with Gasteiger partial charge in [-0.2, -0.15) is 13.9 Å². The van der Waals surface area contributed by atoms with E-state index in [2.05, 4.69) is 41.8 Å². The lowest BCUT2D eigenvalue weighted by Crippen LogP contribution is -2.52. The molecule has 3 amide bonds. The van der Waals surface area contributed by atoms with E-state index in [1.54, 1.807) is 12.1 Å². The molecule has 0 bridgehead atoms. The second kappa shape index (κ2) is 10.5. The number of carbonyl (C=O) groups is 3. The summed E-state index contributed by atoms with van der Waals surface area (Å²) in [5.41, 5.74) is 2.22. The molecule has 1 atom stereocenters. The van der Waals surface area contributed by atoms with Crippen molar-refractivity contribution < 1.29 is 32.6 Å². The third kappa shape index (κ3) is 6.09. The van der Waals surface area contributed by atoms with Crippen LogP contribution in [0.5, 0.6) is 5.75 Å². The average Bonchev–Trinajstić information content (AvgIpc) is 3.61. The van der Waals surface area contributed by atoms with Crippen molar-refractivity contribution in [2.75, 3.05) is 0 Å². The zero-order valence-electron chi connectivity index (χ0n) is 19.1. The SMILES string of the molecule is C[C@@H](CC1CCC2(CC1)OC(=O)NN=C2c1cccc(OC(F)F)c1Br)NC(=O)C(=O)NC1CC1.